The molecule has 1 atom stereocenters. The first-order valence-electron chi connectivity index (χ1n) is 7.43. The number of halogens is 2. The largest absolute Gasteiger partial charge is 0.495 e. The van der Waals surface area contributed by atoms with Crippen molar-refractivity contribution in [2.24, 2.45) is 4.99 Å². The van der Waals surface area contributed by atoms with Crippen LogP contribution in [-0.4, -0.2) is 18.1 Å². The number of benzene rings is 1. The van der Waals surface area contributed by atoms with Gasteiger partial charge in [0.25, 0.3) is 0 Å². The third kappa shape index (κ3) is 3.10. The van der Waals surface area contributed by atoms with Crippen molar-refractivity contribution < 1.29 is 4.74 Å². The van der Waals surface area contributed by atoms with E-state index in [2.05, 4.69) is 20.6 Å². The zero-order valence-electron chi connectivity index (χ0n) is 13.8. The number of anilines is 3. The highest BCUT2D eigenvalue weighted by Crippen LogP contribution is 2.45. The highest BCUT2D eigenvalue weighted by atomic mass is 35.5. The number of fused-ring (bicyclic) bond motifs is 1. The molecule has 9 nitrogen and oxygen atoms in total. The number of nitrogens with two attached hydrogens (primary N) is 2. The van der Waals surface area contributed by atoms with Crippen LogP contribution in [0.5, 0.6) is 5.75 Å². The maximum atomic E-state index is 9.35. The van der Waals surface area contributed by atoms with Gasteiger partial charge in [0.2, 0.25) is 5.96 Å². The molecule has 11 heteroatoms. The Morgan fingerprint density at radius 3 is 2.67 bits per heavy atom. The number of nitriles is 2. The van der Waals surface area contributed by atoms with E-state index >= 15 is 0 Å². The number of ether oxygens (including phenoxy) is 1. The highest BCUT2D eigenvalue weighted by molar-refractivity contribution is 6.35. The molecule has 0 saturated heterocycles. The molecular weight excluding hydrogens is 391 g/mol. The summed E-state index contributed by atoms with van der Waals surface area (Å²) in [6, 6.07) is 4.27. The molecule has 1 aliphatic rings. The SMILES string of the molecule is COc1c(Cl)cc(Cl)cc1C1N=C(NC#N)Nc2nc(N)c(C#N)c(N)c21. The lowest BCUT2D eigenvalue weighted by atomic mass is 9.94. The Bertz CT molecular complexity index is 1050. The summed E-state index contributed by atoms with van der Waals surface area (Å²) in [5, 5.41) is 24.2. The predicted molar refractivity (Wildman–Crippen MR) is 102 cm³/mol. The van der Waals surface area contributed by atoms with Crippen molar-refractivity contribution in [2.75, 3.05) is 23.9 Å². The molecule has 2 aromatic rings. The lowest BCUT2D eigenvalue weighted by Crippen LogP contribution is -2.32. The second kappa shape index (κ2) is 7.08. The van der Waals surface area contributed by atoms with Crippen LogP contribution in [0.25, 0.3) is 0 Å². The van der Waals surface area contributed by atoms with E-state index < -0.39 is 6.04 Å². The first-order valence-corrected chi connectivity index (χ1v) is 8.18. The zero-order chi connectivity index (χ0) is 19.7. The Balaban J connectivity index is 2.34. The van der Waals surface area contributed by atoms with Gasteiger partial charge in [-0.2, -0.15) is 10.5 Å². The van der Waals surface area contributed by atoms with Gasteiger partial charge in [-0.05, 0) is 12.1 Å². The number of nitrogens with one attached hydrogen (secondary N) is 2. The van der Waals surface area contributed by atoms with E-state index in [-0.39, 0.29) is 33.9 Å². The maximum absolute atomic E-state index is 9.35. The van der Waals surface area contributed by atoms with E-state index in [4.69, 9.17) is 44.7 Å². The third-order valence-electron chi connectivity index (χ3n) is 3.89. The van der Waals surface area contributed by atoms with Crippen molar-refractivity contribution >= 4 is 46.5 Å². The van der Waals surface area contributed by atoms with Crippen molar-refractivity contribution in [1.29, 1.82) is 10.5 Å². The van der Waals surface area contributed by atoms with Crippen LogP contribution in [0.4, 0.5) is 17.3 Å². The number of rotatable bonds is 2. The molecule has 0 radical (unpaired) electrons. The minimum atomic E-state index is -0.802. The second-order valence-electron chi connectivity index (χ2n) is 5.41. The van der Waals surface area contributed by atoms with Crippen molar-refractivity contribution in [3.63, 3.8) is 0 Å². The molecule has 1 unspecified atom stereocenters. The maximum Gasteiger partial charge on any atom is 0.211 e. The van der Waals surface area contributed by atoms with Crippen LogP contribution in [0.3, 0.4) is 0 Å². The summed E-state index contributed by atoms with van der Waals surface area (Å²) >= 11 is 12.4. The predicted octanol–water partition coefficient (Wildman–Crippen LogP) is 2.37. The number of guanidine groups is 1. The summed E-state index contributed by atoms with van der Waals surface area (Å²) in [7, 11) is 1.45. The number of aliphatic imine (C=N–C) groups is 1. The van der Waals surface area contributed by atoms with Crippen molar-refractivity contribution in [3.8, 4) is 18.0 Å². The van der Waals surface area contributed by atoms with Gasteiger partial charge in [0, 0.05) is 16.1 Å². The van der Waals surface area contributed by atoms with Gasteiger partial charge in [0.15, 0.2) is 6.19 Å². The second-order valence-corrected chi connectivity index (χ2v) is 6.26. The van der Waals surface area contributed by atoms with Gasteiger partial charge in [-0.1, -0.05) is 23.2 Å². The Morgan fingerprint density at radius 2 is 2.04 bits per heavy atom. The number of methoxy groups -OCH3 is 1. The molecule has 136 valence electrons. The number of hydrogen-bond acceptors (Lipinski definition) is 9. The van der Waals surface area contributed by atoms with E-state index in [0.29, 0.717) is 21.9 Å². The molecule has 0 spiro atoms. The fourth-order valence-electron chi connectivity index (χ4n) is 2.80. The summed E-state index contributed by atoms with van der Waals surface area (Å²) in [5.74, 6) is 0.645. The zero-order valence-corrected chi connectivity index (χ0v) is 15.4. The molecule has 1 aliphatic heterocycles. The van der Waals surface area contributed by atoms with Crippen LogP contribution in [0.2, 0.25) is 10.0 Å². The molecule has 1 aromatic carbocycles. The normalized spacial score (nSPS) is 14.9. The van der Waals surface area contributed by atoms with Crippen LogP contribution >= 0.6 is 23.2 Å². The van der Waals surface area contributed by atoms with Crippen LogP contribution < -0.4 is 26.8 Å². The number of nitrogens with zero attached hydrogens (tertiary/aromatic N) is 4. The van der Waals surface area contributed by atoms with Crippen LogP contribution in [-0.2, 0) is 0 Å². The molecule has 0 aliphatic carbocycles. The van der Waals surface area contributed by atoms with E-state index in [0.717, 1.165) is 0 Å². The highest BCUT2D eigenvalue weighted by Gasteiger charge is 2.32. The van der Waals surface area contributed by atoms with Crippen LogP contribution in [0, 0.1) is 22.8 Å². The Morgan fingerprint density at radius 1 is 1.30 bits per heavy atom. The molecule has 2 heterocycles. The van der Waals surface area contributed by atoms with Gasteiger partial charge < -0.3 is 21.5 Å². The standard InChI is InChI=1S/C16H12Cl2N8O/c1-27-13-7(2-6(17)3-9(13)18)12-10-11(21)8(4-19)14(22)25-15(10)26-16(24-12)23-5-20/h2-3,12H,1H3,(H6,21,22,23,24,25,26). The lowest BCUT2D eigenvalue weighted by molar-refractivity contribution is 0.408. The van der Waals surface area contributed by atoms with Gasteiger partial charge in [-0.3, -0.25) is 5.32 Å². The van der Waals surface area contributed by atoms with Crippen LogP contribution in [0.15, 0.2) is 17.1 Å². The molecule has 0 bridgehead atoms. The van der Waals surface area contributed by atoms with Gasteiger partial charge in [-0.15, -0.1) is 0 Å². The number of aromatic nitrogens is 1. The monoisotopic (exact) mass is 402 g/mol. The average molecular weight is 403 g/mol. The first kappa shape index (κ1) is 18.4. The fraction of sp³-hybridized carbons (Fsp3) is 0.125. The minimum Gasteiger partial charge on any atom is -0.495 e. The van der Waals surface area contributed by atoms with E-state index in [1.165, 1.54) is 13.2 Å². The lowest BCUT2D eigenvalue weighted by Gasteiger charge is -2.27. The summed E-state index contributed by atoms with van der Waals surface area (Å²) in [5.41, 5.74) is 13.0. The van der Waals surface area contributed by atoms with E-state index in [1.54, 1.807) is 12.3 Å². The molecule has 27 heavy (non-hydrogen) atoms. The molecule has 0 amide bonds. The van der Waals surface area contributed by atoms with E-state index in [9.17, 15) is 5.26 Å². The van der Waals surface area contributed by atoms with Crippen molar-refractivity contribution in [1.82, 2.24) is 10.3 Å². The first-order chi connectivity index (χ1) is 12.9. The fourth-order valence-corrected chi connectivity index (χ4v) is 3.39. The van der Waals surface area contributed by atoms with E-state index in [1.807, 2.05) is 6.07 Å². The molecular formula is C16H12Cl2N8O. The molecule has 1 aromatic heterocycles. The molecule has 6 N–H and O–H groups in total. The number of hydrogen-bond donors (Lipinski definition) is 4. The minimum absolute atomic E-state index is 0.0273. The third-order valence-corrected chi connectivity index (χ3v) is 4.39. The van der Waals surface area contributed by atoms with Gasteiger partial charge in [0.05, 0.1) is 17.8 Å². The Hall–Kier alpha value is -3.40. The van der Waals surface area contributed by atoms with Gasteiger partial charge in [-0.25, -0.2) is 9.98 Å². The van der Waals surface area contributed by atoms with Crippen molar-refractivity contribution in [2.45, 2.75) is 6.04 Å². The number of nitrogen functional groups attached to an aromatic ring is 2. The summed E-state index contributed by atoms with van der Waals surface area (Å²) in [6.45, 7) is 0. The van der Waals surface area contributed by atoms with Gasteiger partial charge >= 0.3 is 0 Å². The molecule has 0 saturated carbocycles. The summed E-state index contributed by atoms with van der Waals surface area (Å²) in [6.07, 6.45) is 1.77. The molecule has 3 rings (SSSR count). The Kier molecular flexibility index (Phi) is 4.82. The van der Waals surface area contributed by atoms with Gasteiger partial charge in [0.1, 0.15) is 35.1 Å². The average Bonchev–Trinajstić information content (AvgIpc) is 2.61. The number of pyridine rings is 1. The Labute approximate surface area is 164 Å². The van der Waals surface area contributed by atoms with Crippen LogP contribution in [0.1, 0.15) is 22.7 Å². The molecule has 0 fully saturated rings. The summed E-state index contributed by atoms with van der Waals surface area (Å²) in [4.78, 5) is 8.63. The quantitative estimate of drug-likeness (QED) is 0.439. The topological polar surface area (TPSA) is 158 Å². The summed E-state index contributed by atoms with van der Waals surface area (Å²) < 4.78 is 5.40. The smallest absolute Gasteiger partial charge is 0.211 e. The van der Waals surface area contributed by atoms with Crippen molar-refractivity contribution in [3.05, 3.63) is 38.9 Å².